The fourth-order valence-electron chi connectivity index (χ4n) is 2.74. The van der Waals surface area contributed by atoms with Crippen molar-refractivity contribution in [3.63, 3.8) is 0 Å². The Balaban J connectivity index is 2.01. The second-order valence-electron chi connectivity index (χ2n) is 5.89. The molecule has 1 fully saturated rings. The SMILES string of the molecule is COc1cc(/C=C\CO[C@@H]2O[C@H](CO)[C@@H](O)[C@H](O)[C@H]2O)cc(OC)c1OC. The Kier molecular flexibility index (Phi) is 7.84. The van der Waals surface area contributed by atoms with E-state index in [2.05, 4.69) is 0 Å². The smallest absolute Gasteiger partial charge is 0.203 e. The molecule has 0 aliphatic carbocycles. The maximum absolute atomic E-state index is 9.92. The fourth-order valence-corrected chi connectivity index (χ4v) is 2.74. The lowest BCUT2D eigenvalue weighted by Crippen LogP contribution is -2.59. The van der Waals surface area contributed by atoms with Crippen molar-refractivity contribution in [3.05, 3.63) is 23.8 Å². The van der Waals surface area contributed by atoms with E-state index in [0.717, 1.165) is 5.56 Å². The van der Waals surface area contributed by atoms with Gasteiger partial charge in [-0.1, -0.05) is 12.2 Å². The van der Waals surface area contributed by atoms with Gasteiger partial charge in [-0.25, -0.2) is 0 Å². The summed E-state index contributed by atoms with van der Waals surface area (Å²) in [6.07, 6.45) is -3.09. The van der Waals surface area contributed by atoms with Gasteiger partial charge in [0, 0.05) is 0 Å². The molecule has 0 bridgehead atoms. The Morgan fingerprint density at radius 2 is 1.59 bits per heavy atom. The first kappa shape index (κ1) is 21.4. The number of aliphatic hydroxyl groups excluding tert-OH is 4. The molecule has 0 aromatic heterocycles. The van der Waals surface area contributed by atoms with Crippen molar-refractivity contribution < 1.29 is 44.1 Å². The Labute approximate surface area is 157 Å². The third-order valence-corrected chi connectivity index (χ3v) is 4.20. The van der Waals surface area contributed by atoms with Crippen molar-refractivity contribution in [1.29, 1.82) is 0 Å². The molecule has 27 heavy (non-hydrogen) atoms. The quantitative estimate of drug-likeness (QED) is 0.469. The summed E-state index contributed by atoms with van der Waals surface area (Å²) in [5.74, 6) is 1.49. The number of ether oxygens (including phenoxy) is 5. The van der Waals surface area contributed by atoms with E-state index in [-0.39, 0.29) is 6.61 Å². The first-order chi connectivity index (χ1) is 13.0. The summed E-state index contributed by atoms with van der Waals surface area (Å²) in [6, 6.07) is 3.51. The highest BCUT2D eigenvalue weighted by atomic mass is 16.7. The van der Waals surface area contributed by atoms with Gasteiger partial charge in [0.1, 0.15) is 24.4 Å². The molecule has 4 N–H and O–H groups in total. The van der Waals surface area contributed by atoms with Crippen LogP contribution in [0.2, 0.25) is 0 Å². The molecule has 0 spiro atoms. The van der Waals surface area contributed by atoms with Gasteiger partial charge in [-0.15, -0.1) is 0 Å². The van der Waals surface area contributed by atoms with Crippen molar-refractivity contribution in [2.45, 2.75) is 30.7 Å². The van der Waals surface area contributed by atoms with Crippen molar-refractivity contribution >= 4 is 6.08 Å². The zero-order chi connectivity index (χ0) is 20.0. The normalized spacial score (nSPS) is 28.3. The summed E-state index contributed by atoms with van der Waals surface area (Å²) < 4.78 is 26.5. The van der Waals surface area contributed by atoms with E-state index in [1.165, 1.54) is 21.3 Å². The highest BCUT2D eigenvalue weighted by molar-refractivity contribution is 5.62. The van der Waals surface area contributed by atoms with Gasteiger partial charge < -0.3 is 44.1 Å². The molecule has 1 heterocycles. The second kappa shape index (κ2) is 9.88. The fraction of sp³-hybridized carbons (Fsp3) is 0.556. The molecule has 1 aliphatic heterocycles. The molecule has 9 nitrogen and oxygen atoms in total. The van der Waals surface area contributed by atoms with Gasteiger partial charge in [-0.3, -0.25) is 0 Å². The number of benzene rings is 1. The van der Waals surface area contributed by atoms with Crippen LogP contribution in [0.25, 0.3) is 6.08 Å². The lowest BCUT2D eigenvalue weighted by Gasteiger charge is -2.39. The van der Waals surface area contributed by atoms with Gasteiger partial charge in [0.15, 0.2) is 17.8 Å². The summed E-state index contributed by atoms with van der Waals surface area (Å²) in [5, 5.41) is 38.6. The maximum Gasteiger partial charge on any atom is 0.203 e. The van der Waals surface area contributed by atoms with Crippen LogP contribution in [-0.4, -0.2) is 85.7 Å². The topological polar surface area (TPSA) is 127 Å². The van der Waals surface area contributed by atoms with Crippen LogP contribution in [0.1, 0.15) is 5.56 Å². The average Bonchev–Trinajstić information content (AvgIpc) is 2.69. The van der Waals surface area contributed by atoms with Gasteiger partial charge in [-0.05, 0) is 17.7 Å². The van der Waals surface area contributed by atoms with E-state index in [1.807, 2.05) is 0 Å². The van der Waals surface area contributed by atoms with Crippen molar-refractivity contribution in [1.82, 2.24) is 0 Å². The third-order valence-electron chi connectivity index (χ3n) is 4.20. The van der Waals surface area contributed by atoms with Crippen LogP contribution in [0.15, 0.2) is 18.2 Å². The van der Waals surface area contributed by atoms with E-state index in [9.17, 15) is 15.3 Å². The highest BCUT2D eigenvalue weighted by Gasteiger charge is 2.43. The van der Waals surface area contributed by atoms with Gasteiger partial charge in [0.25, 0.3) is 0 Å². The standard InChI is InChI=1S/C18H26O9/c1-23-11-7-10(8-12(24-2)17(11)25-3)5-4-6-26-18-16(22)15(21)14(20)13(9-19)27-18/h4-5,7-8,13-16,18-22H,6,9H2,1-3H3/b5-4-/t13-,14-,15+,16-,18-/m1/s1. The molecule has 152 valence electrons. The third kappa shape index (κ3) is 4.89. The number of hydrogen-bond acceptors (Lipinski definition) is 9. The van der Waals surface area contributed by atoms with E-state index >= 15 is 0 Å². The van der Waals surface area contributed by atoms with E-state index < -0.39 is 37.3 Å². The lowest BCUT2D eigenvalue weighted by molar-refractivity contribution is -0.298. The highest BCUT2D eigenvalue weighted by Crippen LogP contribution is 2.38. The molecule has 1 saturated heterocycles. The molecular formula is C18H26O9. The summed E-state index contributed by atoms with van der Waals surface area (Å²) in [6.45, 7) is -0.453. The summed E-state index contributed by atoms with van der Waals surface area (Å²) >= 11 is 0. The number of rotatable bonds is 8. The van der Waals surface area contributed by atoms with E-state index in [4.69, 9.17) is 28.8 Å². The van der Waals surface area contributed by atoms with Crippen LogP contribution in [0.3, 0.4) is 0 Å². The predicted octanol–water partition coefficient (Wildman–Crippen LogP) is -0.458. The molecule has 5 atom stereocenters. The largest absolute Gasteiger partial charge is 0.493 e. The maximum atomic E-state index is 9.92. The molecule has 1 aliphatic rings. The summed E-state index contributed by atoms with van der Waals surface area (Å²) in [7, 11) is 4.56. The van der Waals surface area contributed by atoms with Crippen molar-refractivity contribution in [2.24, 2.45) is 0 Å². The molecule has 9 heteroatoms. The number of methoxy groups -OCH3 is 3. The molecule has 1 aromatic carbocycles. The molecule has 2 rings (SSSR count). The Morgan fingerprint density at radius 3 is 2.11 bits per heavy atom. The van der Waals surface area contributed by atoms with Crippen molar-refractivity contribution in [2.75, 3.05) is 34.5 Å². The van der Waals surface area contributed by atoms with E-state index in [0.29, 0.717) is 17.2 Å². The Morgan fingerprint density at radius 1 is 0.963 bits per heavy atom. The first-order valence-corrected chi connectivity index (χ1v) is 8.35. The van der Waals surface area contributed by atoms with Gasteiger partial charge in [0.05, 0.1) is 34.5 Å². The van der Waals surface area contributed by atoms with Crippen LogP contribution in [0.5, 0.6) is 17.2 Å². The molecule has 0 unspecified atom stereocenters. The second-order valence-corrected chi connectivity index (χ2v) is 5.89. The first-order valence-electron chi connectivity index (χ1n) is 8.35. The number of hydrogen-bond donors (Lipinski definition) is 4. The van der Waals surface area contributed by atoms with Gasteiger partial charge in [0.2, 0.25) is 5.75 Å². The van der Waals surface area contributed by atoms with Crippen LogP contribution in [-0.2, 0) is 9.47 Å². The minimum Gasteiger partial charge on any atom is -0.493 e. The zero-order valence-corrected chi connectivity index (χ0v) is 15.4. The molecule has 0 radical (unpaired) electrons. The molecule has 0 amide bonds. The minimum atomic E-state index is -1.47. The Bertz CT molecular complexity index is 606. The van der Waals surface area contributed by atoms with Gasteiger partial charge >= 0.3 is 0 Å². The summed E-state index contributed by atoms with van der Waals surface area (Å²) in [5.41, 5.74) is 0.766. The Hall–Kier alpha value is -1.88. The minimum absolute atomic E-state index is 0.0549. The van der Waals surface area contributed by atoms with Crippen LogP contribution in [0, 0.1) is 0 Å². The van der Waals surface area contributed by atoms with E-state index in [1.54, 1.807) is 24.3 Å². The molecule has 1 aromatic rings. The van der Waals surface area contributed by atoms with Crippen LogP contribution >= 0.6 is 0 Å². The molecular weight excluding hydrogens is 360 g/mol. The van der Waals surface area contributed by atoms with Crippen molar-refractivity contribution in [3.8, 4) is 17.2 Å². The lowest BCUT2D eigenvalue weighted by atomic mass is 9.99. The predicted molar refractivity (Wildman–Crippen MR) is 94.9 cm³/mol. The monoisotopic (exact) mass is 386 g/mol. The number of aliphatic hydroxyl groups is 4. The van der Waals surface area contributed by atoms with Crippen LogP contribution < -0.4 is 14.2 Å². The average molecular weight is 386 g/mol. The van der Waals surface area contributed by atoms with Crippen LogP contribution in [0.4, 0.5) is 0 Å². The summed E-state index contributed by atoms with van der Waals surface area (Å²) in [4.78, 5) is 0. The van der Waals surface area contributed by atoms with Gasteiger partial charge in [-0.2, -0.15) is 0 Å². The zero-order valence-electron chi connectivity index (χ0n) is 15.4. The molecule has 0 saturated carbocycles.